The number of nitrogens with two attached hydrogens (primary N) is 1. The largest absolute Gasteiger partial charge is 0.451 e. The first-order chi connectivity index (χ1) is 11.6. The Labute approximate surface area is 140 Å². The molecule has 4 rings (SSSR count). The molecule has 126 valence electrons. The fourth-order valence-electron chi connectivity index (χ4n) is 3.64. The van der Waals surface area contributed by atoms with Crippen LogP contribution in [0.15, 0.2) is 34.7 Å². The van der Waals surface area contributed by atoms with Crippen molar-refractivity contribution in [2.75, 3.05) is 26.2 Å². The third-order valence-electron chi connectivity index (χ3n) is 5.23. The Bertz CT molecular complexity index is 738. The summed E-state index contributed by atoms with van der Waals surface area (Å²) in [6, 6.07) is 9.83. The number of carbonyl (C=O) groups excluding carboxylic acids is 2. The first-order valence-electron chi connectivity index (χ1n) is 8.43. The van der Waals surface area contributed by atoms with Gasteiger partial charge in [-0.3, -0.25) is 14.5 Å². The van der Waals surface area contributed by atoms with Crippen LogP contribution in [0, 0.1) is 5.92 Å². The van der Waals surface area contributed by atoms with E-state index < -0.39 is 0 Å². The molecule has 2 fully saturated rings. The van der Waals surface area contributed by atoms with Gasteiger partial charge >= 0.3 is 0 Å². The predicted molar refractivity (Wildman–Crippen MR) is 89.4 cm³/mol. The quantitative estimate of drug-likeness (QED) is 0.925. The number of rotatable bonds is 3. The maximum Gasteiger partial charge on any atom is 0.289 e. The zero-order valence-electron chi connectivity index (χ0n) is 13.5. The van der Waals surface area contributed by atoms with Gasteiger partial charge in [0.05, 0.1) is 0 Å². The van der Waals surface area contributed by atoms with Gasteiger partial charge in [0.15, 0.2) is 5.76 Å². The molecule has 2 saturated heterocycles. The van der Waals surface area contributed by atoms with Crippen LogP contribution in [0.3, 0.4) is 0 Å². The topological polar surface area (TPSA) is 79.8 Å². The molecule has 0 aliphatic carbocycles. The SMILES string of the molecule is NC(=O)C1CCN(C2CN(C(=O)c3cc4ccccc4o3)C2)CC1. The number of amides is 2. The fraction of sp³-hybridized carbons (Fsp3) is 0.444. The van der Waals surface area contributed by atoms with Crippen molar-refractivity contribution in [1.82, 2.24) is 9.80 Å². The minimum atomic E-state index is -0.190. The first-order valence-corrected chi connectivity index (χ1v) is 8.43. The van der Waals surface area contributed by atoms with E-state index in [-0.39, 0.29) is 17.7 Å². The molecule has 1 aromatic carbocycles. The molecule has 0 unspecified atom stereocenters. The van der Waals surface area contributed by atoms with Crippen LogP contribution in [0.5, 0.6) is 0 Å². The molecule has 0 radical (unpaired) electrons. The molecule has 0 bridgehead atoms. The zero-order chi connectivity index (χ0) is 16.7. The number of hydrogen-bond acceptors (Lipinski definition) is 4. The summed E-state index contributed by atoms with van der Waals surface area (Å²) in [5, 5.41) is 0.950. The Kier molecular flexibility index (Phi) is 3.76. The summed E-state index contributed by atoms with van der Waals surface area (Å²) >= 11 is 0. The van der Waals surface area contributed by atoms with E-state index in [9.17, 15) is 9.59 Å². The van der Waals surface area contributed by atoms with Crippen LogP contribution in [0.4, 0.5) is 0 Å². The van der Waals surface area contributed by atoms with E-state index in [1.54, 1.807) is 0 Å². The van der Waals surface area contributed by atoms with E-state index in [4.69, 9.17) is 10.2 Å². The van der Waals surface area contributed by atoms with E-state index in [0.717, 1.165) is 50.0 Å². The Morgan fingerprint density at radius 3 is 2.50 bits per heavy atom. The highest BCUT2D eigenvalue weighted by atomic mass is 16.3. The third-order valence-corrected chi connectivity index (χ3v) is 5.23. The summed E-state index contributed by atoms with van der Waals surface area (Å²) in [7, 11) is 0. The molecule has 2 N–H and O–H groups in total. The highest BCUT2D eigenvalue weighted by molar-refractivity contribution is 5.96. The summed E-state index contributed by atoms with van der Waals surface area (Å²) in [6.45, 7) is 3.20. The molecule has 1 aromatic heterocycles. The average molecular weight is 327 g/mol. The van der Waals surface area contributed by atoms with Crippen LogP contribution in [0.2, 0.25) is 0 Å². The Morgan fingerprint density at radius 1 is 1.12 bits per heavy atom. The molecule has 3 heterocycles. The van der Waals surface area contributed by atoms with Gasteiger partial charge < -0.3 is 15.1 Å². The molecule has 2 aromatic rings. The molecule has 24 heavy (non-hydrogen) atoms. The minimum absolute atomic E-state index is 0.00890. The standard InChI is InChI=1S/C18H21N3O3/c19-17(22)12-5-7-20(8-6-12)14-10-21(11-14)18(23)16-9-13-3-1-2-4-15(13)24-16/h1-4,9,12,14H,5-8,10-11H2,(H2,19,22). The smallest absolute Gasteiger partial charge is 0.289 e. The molecule has 0 atom stereocenters. The van der Waals surface area contributed by atoms with Crippen LogP contribution in [0.1, 0.15) is 23.4 Å². The number of piperidine rings is 1. The number of carbonyl (C=O) groups is 2. The number of hydrogen-bond donors (Lipinski definition) is 1. The molecule has 2 aliphatic rings. The van der Waals surface area contributed by atoms with Crippen molar-refractivity contribution >= 4 is 22.8 Å². The van der Waals surface area contributed by atoms with Crippen LogP contribution >= 0.6 is 0 Å². The van der Waals surface area contributed by atoms with Gasteiger partial charge in [-0.15, -0.1) is 0 Å². The Balaban J connectivity index is 1.34. The van der Waals surface area contributed by atoms with E-state index in [1.165, 1.54) is 0 Å². The van der Waals surface area contributed by atoms with Crippen molar-refractivity contribution in [2.45, 2.75) is 18.9 Å². The summed E-state index contributed by atoms with van der Waals surface area (Å²) in [5.41, 5.74) is 6.11. The van der Waals surface area contributed by atoms with Crippen LogP contribution in [0.25, 0.3) is 11.0 Å². The Hall–Kier alpha value is -2.34. The lowest BCUT2D eigenvalue weighted by Gasteiger charge is -2.47. The number of benzene rings is 1. The van der Waals surface area contributed by atoms with Gasteiger partial charge in [-0.2, -0.15) is 0 Å². The molecule has 0 spiro atoms. The fourth-order valence-corrected chi connectivity index (χ4v) is 3.64. The van der Waals surface area contributed by atoms with Gasteiger partial charge in [0.25, 0.3) is 5.91 Å². The lowest BCUT2D eigenvalue weighted by atomic mass is 9.93. The van der Waals surface area contributed by atoms with Crippen molar-refractivity contribution in [3.8, 4) is 0 Å². The van der Waals surface area contributed by atoms with E-state index in [1.807, 2.05) is 35.2 Å². The molecular weight excluding hydrogens is 306 g/mol. The van der Waals surface area contributed by atoms with Crippen molar-refractivity contribution in [3.63, 3.8) is 0 Å². The highest BCUT2D eigenvalue weighted by Crippen LogP contribution is 2.26. The Morgan fingerprint density at radius 2 is 1.83 bits per heavy atom. The van der Waals surface area contributed by atoms with Crippen molar-refractivity contribution in [3.05, 3.63) is 36.1 Å². The third kappa shape index (κ3) is 2.67. The van der Waals surface area contributed by atoms with Gasteiger partial charge in [0, 0.05) is 30.4 Å². The lowest BCUT2D eigenvalue weighted by Crippen LogP contribution is -2.62. The summed E-state index contributed by atoms with van der Waals surface area (Å²) in [5.74, 6) is 0.177. The summed E-state index contributed by atoms with van der Waals surface area (Å²) in [6.07, 6.45) is 1.65. The van der Waals surface area contributed by atoms with Gasteiger partial charge in [-0.25, -0.2) is 0 Å². The van der Waals surface area contributed by atoms with Crippen LogP contribution < -0.4 is 5.73 Å². The molecule has 6 nitrogen and oxygen atoms in total. The van der Waals surface area contributed by atoms with Crippen LogP contribution in [-0.2, 0) is 4.79 Å². The summed E-state index contributed by atoms with van der Waals surface area (Å²) in [4.78, 5) is 27.9. The second-order valence-electron chi connectivity index (χ2n) is 6.73. The number of furan rings is 1. The van der Waals surface area contributed by atoms with E-state index in [2.05, 4.69) is 4.90 Å². The summed E-state index contributed by atoms with van der Waals surface area (Å²) < 4.78 is 5.65. The number of primary amides is 1. The average Bonchev–Trinajstić information content (AvgIpc) is 2.98. The predicted octanol–water partition coefficient (Wildman–Crippen LogP) is 1.45. The zero-order valence-corrected chi connectivity index (χ0v) is 13.5. The molecule has 0 saturated carbocycles. The van der Waals surface area contributed by atoms with Gasteiger partial charge in [0.2, 0.25) is 5.91 Å². The monoisotopic (exact) mass is 327 g/mol. The maximum atomic E-state index is 12.5. The van der Waals surface area contributed by atoms with Crippen LogP contribution in [-0.4, -0.2) is 53.8 Å². The van der Waals surface area contributed by atoms with E-state index >= 15 is 0 Å². The maximum absolute atomic E-state index is 12.5. The second-order valence-corrected chi connectivity index (χ2v) is 6.73. The highest BCUT2D eigenvalue weighted by Gasteiger charge is 2.38. The van der Waals surface area contributed by atoms with E-state index in [0.29, 0.717) is 11.8 Å². The van der Waals surface area contributed by atoms with Gasteiger partial charge in [-0.05, 0) is 38.1 Å². The van der Waals surface area contributed by atoms with Crippen molar-refractivity contribution in [1.29, 1.82) is 0 Å². The number of nitrogens with zero attached hydrogens (tertiary/aromatic N) is 2. The first kappa shape index (κ1) is 15.2. The molecule has 2 amide bonds. The molecule has 6 heteroatoms. The normalized spacial score (nSPS) is 20.2. The number of likely N-dealkylation sites (tertiary alicyclic amines) is 2. The molecular formula is C18H21N3O3. The van der Waals surface area contributed by atoms with Gasteiger partial charge in [-0.1, -0.05) is 18.2 Å². The lowest BCUT2D eigenvalue weighted by molar-refractivity contribution is -0.123. The number of para-hydroxylation sites is 1. The molecule has 2 aliphatic heterocycles. The van der Waals surface area contributed by atoms with Crippen molar-refractivity contribution < 1.29 is 14.0 Å². The van der Waals surface area contributed by atoms with Gasteiger partial charge in [0.1, 0.15) is 5.58 Å². The number of fused-ring (bicyclic) bond motifs is 1. The second kappa shape index (κ2) is 5.94. The van der Waals surface area contributed by atoms with Crippen molar-refractivity contribution in [2.24, 2.45) is 11.7 Å². The minimum Gasteiger partial charge on any atom is -0.451 e.